The van der Waals surface area contributed by atoms with Crippen molar-refractivity contribution in [2.45, 2.75) is 25.7 Å². The van der Waals surface area contributed by atoms with E-state index in [4.69, 9.17) is 9.47 Å². The molecular weight excluding hydrogens is 318 g/mol. The van der Waals surface area contributed by atoms with Crippen LogP contribution >= 0.6 is 0 Å². The highest BCUT2D eigenvalue weighted by molar-refractivity contribution is 6.00. The Morgan fingerprint density at radius 3 is 2.80 bits per heavy atom. The molecular formula is C19H23N3O3. The molecule has 1 amide bonds. The fourth-order valence-electron chi connectivity index (χ4n) is 3.19. The Balaban J connectivity index is 1.88. The monoisotopic (exact) mass is 341 g/mol. The quantitative estimate of drug-likeness (QED) is 0.818. The van der Waals surface area contributed by atoms with Gasteiger partial charge in [0.25, 0.3) is 5.91 Å². The maximum absolute atomic E-state index is 12.7. The van der Waals surface area contributed by atoms with Gasteiger partial charge in [0, 0.05) is 32.1 Å². The first-order chi connectivity index (χ1) is 12.2. The molecule has 3 rings (SSSR count). The predicted octanol–water partition coefficient (Wildman–Crippen LogP) is 2.51. The smallest absolute Gasteiger partial charge is 0.255 e. The van der Waals surface area contributed by atoms with E-state index in [1.807, 2.05) is 12.1 Å². The lowest BCUT2D eigenvalue weighted by Crippen LogP contribution is -2.35. The fourth-order valence-corrected chi connectivity index (χ4v) is 3.19. The van der Waals surface area contributed by atoms with Crippen molar-refractivity contribution in [3.8, 4) is 0 Å². The average Bonchev–Trinajstić information content (AvgIpc) is 2.98. The number of benzene rings is 1. The molecule has 0 aliphatic carbocycles. The van der Waals surface area contributed by atoms with Crippen LogP contribution in [0.5, 0.6) is 0 Å². The topological polar surface area (TPSA) is 63.7 Å². The molecule has 0 saturated carbocycles. The molecule has 2 heterocycles. The number of carbonyl (C=O) groups is 1. The summed E-state index contributed by atoms with van der Waals surface area (Å²) < 4.78 is 10.2. The summed E-state index contributed by atoms with van der Waals surface area (Å²) in [6, 6.07) is 12.0. The van der Waals surface area contributed by atoms with E-state index in [1.54, 1.807) is 32.5 Å². The lowest BCUT2D eigenvalue weighted by atomic mass is 10.1. The number of fused-ring (bicyclic) bond motifs is 1. The molecule has 2 aromatic rings. The maximum atomic E-state index is 12.7. The van der Waals surface area contributed by atoms with E-state index in [1.165, 1.54) is 5.56 Å². The molecule has 1 aromatic carbocycles. The zero-order chi connectivity index (χ0) is 17.8. The van der Waals surface area contributed by atoms with Crippen LogP contribution in [0.25, 0.3) is 0 Å². The van der Waals surface area contributed by atoms with Crippen molar-refractivity contribution in [2.75, 3.05) is 25.7 Å². The van der Waals surface area contributed by atoms with Gasteiger partial charge >= 0.3 is 0 Å². The van der Waals surface area contributed by atoms with E-state index in [0.29, 0.717) is 11.4 Å². The molecule has 0 spiro atoms. The normalized spacial score (nSPS) is 16.2. The molecule has 6 heteroatoms. The van der Waals surface area contributed by atoms with Crippen molar-refractivity contribution in [2.24, 2.45) is 0 Å². The van der Waals surface area contributed by atoms with Gasteiger partial charge < -0.3 is 19.7 Å². The SMILES string of the molecule is COC(CNC(=O)c1cccnc1N1c2ccccc2CC1C)OC. The number of nitrogens with zero attached hydrogens (tertiary/aromatic N) is 2. The second-order valence-corrected chi connectivity index (χ2v) is 6.04. The first-order valence-corrected chi connectivity index (χ1v) is 8.31. The lowest BCUT2D eigenvalue weighted by molar-refractivity contribution is -0.0974. The summed E-state index contributed by atoms with van der Waals surface area (Å²) in [7, 11) is 3.08. The molecule has 0 radical (unpaired) electrons. The number of aromatic nitrogens is 1. The minimum atomic E-state index is -0.476. The molecule has 1 aromatic heterocycles. The Morgan fingerprint density at radius 1 is 1.28 bits per heavy atom. The van der Waals surface area contributed by atoms with Crippen LogP contribution in [-0.4, -0.2) is 44.0 Å². The fraction of sp³-hybridized carbons (Fsp3) is 0.368. The van der Waals surface area contributed by atoms with Crippen LogP contribution in [0, 0.1) is 0 Å². The second kappa shape index (κ2) is 7.63. The summed E-state index contributed by atoms with van der Waals surface area (Å²) in [6.45, 7) is 2.41. The van der Waals surface area contributed by atoms with Gasteiger partial charge in [-0.15, -0.1) is 0 Å². The van der Waals surface area contributed by atoms with Crippen molar-refractivity contribution in [1.29, 1.82) is 0 Å². The summed E-state index contributed by atoms with van der Waals surface area (Å²) in [5, 5.41) is 2.85. The number of nitrogens with one attached hydrogen (secondary N) is 1. The highest BCUT2D eigenvalue weighted by atomic mass is 16.7. The molecule has 1 unspecified atom stereocenters. The highest BCUT2D eigenvalue weighted by Gasteiger charge is 2.30. The standard InChI is InChI=1S/C19H23N3O3/c1-13-11-14-7-4-5-9-16(14)22(13)18-15(8-6-10-20-18)19(23)21-12-17(24-2)25-3/h4-10,13,17H,11-12H2,1-3H3,(H,21,23). The number of hydrogen-bond acceptors (Lipinski definition) is 5. The van der Waals surface area contributed by atoms with Crippen LogP contribution in [0.15, 0.2) is 42.6 Å². The van der Waals surface area contributed by atoms with Gasteiger partial charge in [0.05, 0.1) is 12.1 Å². The Kier molecular flexibility index (Phi) is 5.31. The third-order valence-electron chi connectivity index (χ3n) is 4.42. The third kappa shape index (κ3) is 3.50. The second-order valence-electron chi connectivity index (χ2n) is 6.04. The summed E-state index contributed by atoms with van der Waals surface area (Å²) in [4.78, 5) is 19.3. The van der Waals surface area contributed by atoms with E-state index < -0.39 is 6.29 Å². The average molecular weight is 341 g/mol. The number of rotatable bonds is 6. The van der Waals surface area contributed by atoms with Crippen LogP contribution < -0.4 is 10.2 Å². The number of amides is 1. The van der Waals surface area contributed by atoms with Gasteiger partial charge in [-0.25, -0.2) is 4.98 Å². The lowest BCUT2D eigenvalue weighted by Gasteiger charge is -2.26. The molecule has 0 fully saturated rings. The minimum absolute atomic E-state index is 0.196. The van der Waals surface area contributed by atoms with E-state index in [-0.39, 0.29) is 18.5 Å². The molecule has 1 aliphatic rings. The number of para-hydroxylation sites is 1. The van der Waals surface area contributed by atoms with Crippen molar-refractivity contribution >= 4 is 17.4 Å². The molecule has 1 N–H and O–H groups in total. The van der Waals surface area contributed by atoms with Crippen LogP contribution in [0.1, 0.15) is 22.8 Å². The number of pyridine rings is 1. The van der Waals surface area contributed by atoms with Gasteiger partial charge in [-0.2, -0.15) is 0 Å². The minimum Gasteiger partial charge on any atom is -0.354 e. The van der Waals surface area contributed by atoms with E-state index >= 15 is 0 Å². The van der Waals surface area contributed by atoms with Gasteiger partial charge in [-0.05, 0) is 37.1 Å². The Hall–Kier alpha value is -2.44. The first kappa shape index (κ1) is 17.4. The highest BCUT2D eigenvalue weighted by Crippen LogP contribution is 2.38. The third-order valence-corrected chi connectivity index (χ3v) is 4.42. The van der Waals surface area contributed by atoms with Gasteiger partial charge in [-0.3, -0.25) is 4.79 Å². The zero-order valence-electron chi connectivity index (χ0n) is 14.7. The van der Waals surface area contributed by atoms with Crippen molar-refractivity contribution in [3.05, 3.63) is 53.7 Å². The van der Waals surface area contributed by atoms with Crippen molar-refractivity contribution in [1.82, 2.24) is 10.3 Å². The Bertz CT molecular complexity index is 746. The molecule has 0 bridgehead atoms. The van der Waals surface area contributed by atoms with Gasteiger partial charge in [0.2, 0.25) is 0 Å². The largest absolute Gasteiger partial charge is 0.354 e. The van der Waals surface area contributed by atoms with E-state index in [0.717, 1.165) is 12.1 Å². The molecule has 25 heavy (non-hydrogen) atoms. The predicted molar refractivity (Wildman–Crippen MR) is 96.1 cm³/mol. The van der Waals surface area contributed by atoms with Crippen LogP contribution in [0.3, 0.4) is 0 Å². The van der Waals surface area contributed by atoms with Gasteiger partial charge in [0.1, 0.15) is 5.82 Å². The van der Waals surface area contributed by atoms with Gasteiger partial charge in [0.15, 0.2) is 6.29 Å². The number of carbonyl (C=O) groups excluding carboxylic acids is 1. The number of hydrogen-bond donors (Lipinski definition) is 1. The summed E-state index contributed by atoms with van der Waals surface area (Å²) in [5.41, 5.74) is 2.91. The van der Waals surface area contributed by atoms with Gasteiger partial charge in [-0.1, -0.05) is 18.2 Å². The van der Waals surface area contributed by atoms with Crippen LogP contribution in [0.4, 0.5) is 11.5 Å². The Labute approximate surface area is 147 Å². The number of ether oxygens (including phenoxy) is 2. The first-order valence-electron chi connectivity index (χ1n) is 8.31. The molecule has 132 valence electrons. The maximum Gasteiger partial charge on any atom is 0.255 e. The van der Waals surface area contributed by atoms with Crippen LogP contribution in [0.2, 0.25) is 0 Å². The number of methoxy groups -OCH3 is 2. The summed E-state index contributed by atoms with van der Waals surface area (Å²) in [6.07, 6.45) is 2.17. The van der Waals surface area contributed by atoms with E-state index in [2.05, 4.69) is 34.3 Å². The van der Waals surface area contributed by atoms with Crippen molar-refractivity contribution < 1.29 is 14.3 Å². The summed E-state index contributed by atoms with van der Waals surface area (Å²) in [5.74, 6) is 0.475. The van der Waals surface area contributed by atoms with Crippen molar-refractivity contribution in [3.63, 3.8) is 0 Å². The molecule has 0 saturated heterocycles. The Morgan fingerprint density at radius 2 is 2.04 bits per heavy atom. The van der Waals surface area contributed by atoms with E-state index in [9.17, 15) is 4.79 Å². The molecule has 6 nitrogen and oxygen atoms in total. The molecule has 1 aliphatic heterocycles. The summed E-state index contributed by atoms with van der Waals surface area (Å²) >= 11 is 0. The molecule has 1 atom stereocenters. The van der Waals surface area contributed by atoms with Crippen LogP contribution in [-0.2, 0) is 15.9 Å². The number of anilines is 2. The zero-order valence-corrected chi connectivity index (χ0v) is 14.7.